The number of guanidine groups is 1. The monoisotopic (exact) mass is 1110 g/mol. The number of aliphatic carboxylic acids is 1. The first kappa shape index (κ1) is 62.5. The number of rotatable bonds is 17. The smallest absolute Gasteiger partial charge is 0.305 e. The number of nitrogens with one attached hydrogen (secondary N) is 13. The van der Waals surface area contributed by atoms with Crippen molar-refractivity contribution in [3.8, 4) is 5.75 Å². The van der Waals surface area contributed by atoms with Gasteiger partial charge < -0.3 is 91.2 Å². The first-order valence-corrected chi connectivity index (χ1v) is 25.7. The summed E-state index contributed by atoms with van der Waals surface area (Å²) in [5, 5.41) is 60.3. The van der Waals surface area contributed by atoms with Crippen molar-refractivity contribution in [2.24, 2.45) is 22.2 Å². The zero-order chi connectivity index (χ0) is 54.1. The van der Waals surface area contributed by atoms with Crippen LogP contribution in [0.15, 0.2) is 53.5 Å². The predicted molar refractivity (Wildman–Crippen MR) is 279 cm³/mol. The van der Waals surface area contributed by atoms with Gasteiger partial charge in [0.25, 0.3) is 5.91 Å². The summed E-state index contributed by atoms with van der Waals surface area (Å²) < 4.78 is 0. The fourth-order valence-electron chi connectivity index (χ4n) is 8.78. The number of nitrogens with zero attached hydrogens (tertiary/aromatic N) is 1. The van der Waals surface area contributed by atoms with Gasteiger partial charge in [0.1, 0.15) is 43.0 Å². The van der Waals surface area contributed by atoms with Gasteiger partial charge in [0.2, 0.25) is 29.5 Å². The van der Waals surface area contributed by atoms with Crippen LogP contribution in [-0.2, 0) is 58.8 Å². The van der Waals surface area contributed by atoms with Crippen molar-refractivity contribution in [1.82, 2.24) is 63.8 Å². The van der Waals surface area contributed by atoms with Gasteiger partial charge in [-0.05, 0) is 67.5 Å². The predicted octanol–water partition coefficient (Wildman–Crippen LogP) is -7.02. The van der Waals surface area contributed by atoms with Gasteiger partial charge in [-0.15, -0.1) is 0 Å². The molecule has 424 valence electrons. The number of benzene rings is 2. The molecule has 0 aliphatic carbocycles. The number of hydrogen-bond acceptors (Lipinski definition) is 17. The summed E-state index contributed by atoms with van der Waals surface area (Å²) in [6.45, 7) is 9.03. The van der Waals surface area contributed by atoms with Gasteiger partial charge in [-0.1, -0.05) is 24.3 Å². The maximum Gasteiger partial charge on any atom is 0.305 e. The Bertz CT molecular complexity index is 2180. The van der Waals surface area contributed by atoms with Crippen molar-refractivity contribution in [2.75, 3.05) is 98.2 Å². The molecule has 0 saturated carbocycles. The van der Waals surface area contributed by atoms with Crippen LogP contribution in [0.3, 0.4) is 0 Å². The number of carbonyl (C=O) groups is 7. The summed E-state index contributed by atoms with van der Waals surface area (Å²) >= 11 is 0. The number of carboxylic acid groups (broad SMARTS) is 1. The molecule has 4 aliphatic heterocycles. The van der Waals surface area contributed by atoms with E-state index in [1.54, 1.807) is 12.1 Å². The summed E-state index contributed by atoms with van der Waals surface area (Å²) in [6, 6.07) is 7.62. The Morgan fingerprint density at radius 2 is 1.24 bits per heavy atom. The quantitative estimate of drug-likeness (QED) is 0.0303. The van der Waals surface area contributed by atoms with E-state index in [9.17, 15) is 43.8 Å². The molecule has 2 radical (unpaired) electrons. The van der Waals surface area contributed by atoms with Crippen LogP contribution in [0.1, 0.15) is 60.0 Å². The van der Waals surface area contributed by atoms with Gasteiger partial charge in [0.05, 0.1) is 24.0 Å². The van der Waals surface area contributed by atoms with E-state index < -0.39 is 78.2 Å². The van der Waals surface area contributed by atoms with Gasteiger partial charge in [0, 0.05) is 114 Å². The fourth-order valence-corrected chi connectivity index (χ4v) is 8.78. The zero-order valence-corrected chi connectivity index (χ0v) is 43.9. The third kappa shape index (κ3) is 22.3. The topological polar surface area (TPSA) is 410 Å². The number of aliphatic imine (C=N–C) groups is 1. The van der Waals surface area contributed by atoms with E-state index >= 15 is 0 Å². The summed E-state index contributed by atoms with van der Waals surface area (Å²) in [7, 11) is 0. The van der Waals surface area contributed by atoms with Crippen molar-refractivity contribution < 1.29 is 66.2 Å². The van der Waals surface area contributed by atoms with Crippen molar-refractivity contribution in [3.63, 3.8) is 0 Å². The van der Waals surface area contributed by atoms with E-state index in [2.05, 4.69) is 74.1 Å². The van der Waals surface area contributed by atoms with E-state index in [-0.39, 0.29) is 79.0 Å². The van der Waals surface area contributed by atoms with Crippen molar-refractivity contribution in [3.05, 3.63) is 65.2 Å². The molecule has 2 aromatic rings. The number of unbranched alkanes of at least 4 members (excludes halogenated alkanes) is 1. The van der Waals surface area contributed by atoms with E-state index in [0.717, 1.165) is 44.8 Å². The van der Waals surface area contributed by atoms with E-state index in [1.807, 2.05) is 12.1 Å². The Morgan fingerprint density at radius 1 is 0.684 bits per heavy atom. The van der Waals surface area contributed by atoms with Crippen LogP contribution in [0.2, 0.25) is 0 Å². The molecule has 4 heterocycles. The molecule has 27 heteroatoms. The summed E-state index contributed by atoms with van der Waals surface area (Å²) in [5.41, 5.74) is 18.9. The Morgan fingerprint density at radius 3 is 1.87 bits per heavy atom. The fraction of sp³-hybridized carbons (Fsp3) is 0.592. The number of phenols is 1. The number of aromatic hydroxyl groups is 1. The minimum Gasteiger partial charge on any atom is -0.508 e. The minimum absolute atomic E-state index is 0. The Balaban J connectivity index is 0.0000125. The molecule has 4 aliphatic rings. The van der Waals surface area contributed by atoms with Crippen LogP contribution in [0.4, 0.5) is 0 Å². The van der Waals surface area contributed by atoms with Crippen LogP contribution in [0, 0.1) is 0 Å². The van der Waals surface area contributed by atoms with Crippen LogP contribution < -0.4 is 86.3 Å². The average molecular weight is 1110 g/mol. The molecule has 2 aromatic carbocycles. The second kappa shape index (κ2) is 32.6. The number of nitrogens with two attached hydrogens (primary N) is 3. The molecule has 0 unspecified atom stereocenters. The number of fused-ring (bicyclic) bond motifs is 15. The van der Waals surface area contributed by atoms with E-state index in [4.69, 9.17) is 17.2 Å². The third-order valence-corrected chi connectivity index (χ3v) is 13.0. The Kier molecular flexibility index (Phi) is 26.8. The molecule has 6 amide bonds. The molecule has 4 saturated heterocycles. The standard InChI is InChI=1S/C49H79N17O9.Cu/c50-47(51)60-15-3-5-36-44(73)64-37(45(74)65-38(22-32-8-12-35(67)13-9-32)46(75)66-39(23-41(69)70)43(72)61-25-40(68)63-36)4-1-2-14-59-42(71)34-10-6-33(7-11-34)24-62-49-29-56-19-16-53-26-48(52,27-54-17-20-57-30-49)28-55-18-21-58-31-49;/h6-13,36-39,53-58,62,67H,1-5,14-31,52H2,(H,59,71)(H,61,72)(H,63,68)(H,64,73)(H,65,74)(H,66,75)(H,69,70)(H4,50,51,60);/q+1;/t36-,37-,38+,39-,48?,49?;/m1./s1/i;1+0. The van der Waals surface area contributed by atoms with Crippen LogP contribution in [0.25, 0.3) is 0 Å². The molecule has 76 heavy (non-hydrogen) atoms. The Labute approximate surface area is 453 Å². The van der Waals surface area contributed by atoms with Crippen LogP contribution >= 0.6 is 0 Å². The van der Waals surface area contributed by atoms with Crippen LogP contribution in [-0.4, -0.2) is 191 Å². The van der Waals surface area contributed by atoms with Crippen molar-refractivity contribution in [2.45, 2.75) is 86.7 Å². The first-order chi connectivity index (χ1) is 36.0. The van der Waals surface area contributed by atoms with Crippen molar-refractivity contribution in [1.29, 1.82) is 0 Å². The molecule has 6 rings (SSSR count). The normalized spacial score (nSPS) is 24.9. The van der Waals surface area contributed by atoms with Gasteiger partial charge in [-0.25, -0.2) is 0 Å². The van der Waals surface area contributed by atoms with Crippen LogP contribution in [0.5, 0.6) is 5.75 Å². The van der Waals surface area contributed by atoms with E-state index in [0.29, 0.717) is 69.8 Å². The number of amides is 6. The van der Waals surface area contributed by atoms with Gasteiger partial charge >= 0.3 is 5.97 Å². The molecule has 0 spiro atoms. The maximum absolute atomic E-state index is 14.2. The third-order valence-electron chi connectivity index (χ3n) is 13.0. The zero-order valence-electron chi connectivity index (χ0n) is 42.9. The molecule has 21 N–H and O–H groups in total. The Hall–Kier alpha value is -6.00. The second-order valence-corrected chi connectivity index (χ2v) is 19.4. The molecule has 4 fully saturated rings. The second-order valence-electron chi connectivity index (χ2n) is 19.4. The summed E-state index contributed by atoms with van der Waals surface area (Å²) in [6.07, 6.45) is -0.0547. The summed E-state index contributed by atoms with van der Waals surface area (Å²) in [4.78, 5) is 97.3. The molecule has 2 bridgehead atoms. The number of carbonyl (C=O) groups excluding carboxylic acids is 6. The molecular formula is C49H79CuN17O9+. The molecule has 0 aromatic heterocycles. The largest absolute Gasteiger partial charge is 0.508 e. The first-order valence-electron chi connectivity index (χ1n) is 25.7. The van der Waals surface area contributed by atoms with E-state index in [1.165, 1.54) is 24.3 Å². The number of phenolic OH excluding ortho intramolecular Hbond substituents is 1. The maximum atomic E-state index is 14.2. The molecular weight excluding hydrogens is 1030 g/mol. The van der Waals surface area contributed by atoms with Gasteiger partial charge in [0.15, 0.2) is 5.96 Å². The summed E-state index contributed by atoms with van der Waals surface area (Å²) in [5.74, 6) is -6.21. The van der Waals surface area contributed by atoms with Gasteiger partial charge in [-0.2, -0.15) is 5.32 Å². The number of hydrogen-bond donors (Lipinski definition) is 18. The minimum atomic E-state index is -1.65. The molecule has 4 atom stereocenters. The van der Waals surface area contributed by atoms with Crippen molar-refractivity contribution >= 4 is 47.4 Å². The van der Waals surface area contributed by atoms with Gasteiger partial charge in [-0.3, -0.25) is 38.6 Å². The number of carboxylic acids is 1. The SMILES string of the molecule is NC(N)=NCCC[C@H]1NC(=O)CNC(=O)[C@@H](CC(=O)O)NC(=O)[C@H](Cc2ccc(O)cc2)NC(=O)[C@@H](CCCCNC(=O)c2ccc(CNC34CNCCNCC(N)(CNCCNC3)CNCC[NH+]C4)cc2)NC1=O.[64Cu]. The average Bonchev–Trinajstić information content (AvgIpc) is 3.38. The molecule has 26 nitrogen and oxygen atoms in total.